The Balaban J connectivity index is 2.96. The van der Waals surface area contributed by atoms with Gasteiger partial charge in [-0.05, 0) is 24.7 Å². The Kier molecular flexibility index (Phi) is 5.60. The molecule has 1 aromatic carbocycles. The molecule has 0 radical (unpaired) electrons. The largest absolute Gasteiger partial charge is 0.412 e. The molecule has 118 valence electrons. The Morgan fingerprint density at radius 3 is 2.24 bits per heavy atom. The number of alkyl halides is 3. The number of hydrogen-bond donors (Lipinski definition) is 2. The van der Waals surface area contributed by atoms with Gasteiger partial charge < -0.3 is 5.32 Å². The highest BCUT2D eigenvalue weighted by Gasteiger charge is 2.42. The summed E-state index contributed by atoms with van der Waals surface area (Å²) in [6.45, 7) is 0. The molecule has 21 heavy (non-hydrogen) atoms. The van der Waals surface area contributed by atoms with Crippen molar-refractivity contribution in [1.82, 2.24) is 10.0 Å². The van der Waals surface area contributed by atoms with Gasteiger partial charge in [0, 0.05) is 5.02 Å². The van der Waals surface area contributed by atoms with E-state index in [1.54, 1.807) is 5.32 Å². The molecule has 0 heterocycles. The predicted octanol–water partition coefficient (Wildman–Crippen LogP) is 1.61. The topological polar surface area (TPSA) is 75.3 Å². The molecular formula is C11H12ClF3N2O3S. The van der Waals surface area contributed by atoms with Crippen molar-refractivity contribution in [3.63, 3.8) is 0 Å². The summed E-state index contributed by atoms with van der Waals surface area (Å²) in [5, 5.41) is 1.90. The van der Waals surface area contributed by atoms with Crippen LogP contribution in [0.1, 0.15) is 11.6 Å². The van der Waals surface area contributed by atoms with Gasteiger partial charge in [-0.25, -0.2) is 13.1 Å². The third-order valence-corrected chi connectivity index (χ3v) is 3.98. The van der Waals surface area contributed by atoms with Gasteiger partial charge in [0.1, 0.15) is 5.75 Å². The van der Waals surface area contributed by atoms with Crippen LogP contribution in [0.2, 0.25) is 5.02 Å². The van der Waals surface area contributed by atoms with Crippen LogP contribution in [0.15, 0.2) is 24.3 Å². The molecule has 10 heteroatoms. The molecular weight excluding hydrogens is 333 g/mol. The number of amides is 1. The third kappa shape index (κ3) is 5.52. The summed E-state index contributed by atoms with van der Waals surface area (Å²) in [5.74, 6) is -2.36. The average Bonchev–Trinajstić information content (AvgIpc) is 2.35. The standard InChI is InChI=1S/C11H12ClF3N2O3S/c1-16-21(19,20)6-9(18)17-10(11(13,14)15)7-2-4-8(12)5-3-7/h2-5,10,16H,6H2,1H3,(H,17,18)/t10-/m0/s1. The van der Waals surface area contributed by atoms with Crippen LogP contribution < -0.4 is 10.0 Å². The van der Waals surface area contributed by atoms with E-state index in [0.717, 1.165) is 19.2 Å². The van der Waals surface area contributed by atoms with Crippen LogP contribution in [0.3, 0.4) is 0 Å². The van der Waals surface area contributed by atoms with E-state index in [-0.39, 0.29) is 10.6 Å². The fourth-order valence-corrected chi connectivity index (χ4v) is 2.16. The normalized spacial score (nSPS) is 13.8. The molecule has 0 saturated carbocycles. The molecule has 1 amide bonds. The fourth-order valence-electron chi connectivity index (χ4n) is 1.46. The maximum atomic E-state index is 13.0. The van der Waals surface area contributed by atoms with Crippen molar-refractivity contribution in [2.75, 3.05) is 12.8 Å². The molecule has 0 aromatic heterocycles. The monoisotopic (exact) mass is 344 g/mol. The molecule has 5 nitrogen and oxygen atoms in total. The molecule has 1 atom stereocenters. The Hall–Kier alpha value is -1.32. The zero-order valence-corrected chi connectivity index (χ0v) is 12.3. The number of hydrogen-bond acceptors (Lipinski definition) is 3. The lowest BCUT2D eigenvalue weighted by atomic mass is 10.1. The first-order valence-corrected chi connectivity index (χ1v) is 7.61. The molecule has 1 rings (SSSR count). The molecule has 0 unspecified atom stereocenters. The van der Waals surface area contributed by atoms with Gasteiger partial charge >= 0.3 is 6.18 Å². The van der Waals surface area contributed by atoms with Gasteiger partial charge in [-0.15, -0.1) is 0 Å². The van der Waals surface area contributed by atoms with E-state index < -0.39 is 33.9 Å². The first-order chi connectivity index (χ1) is 9.55. The zero-order valence-electron chi connectivity index (χ0n) is 10.7. The van der Waals surface area contributed by atoms with Crippen LogP contribution in [0, 0.1) is 0 Å². The first-order valence-electron chi connectivity index (χ1n) is 5.58. The van der Waals surface area contributed by atoms with Gasteiger partial charge in [0.05, 0.1) is 0 Å². The van der Waals surface area contributed by atoms with E-state index in [1.807, 2.05) is 4.72 Å². The van der Waals surface area contributed by atoms with E-state index in [9.17, 15) is 26.4 Å². The number of carbonyl (C=O) groups excluding carboxylic acids is 1. The summed E-state index contributed by atoms with van der Waals surface area (Å²) in [4.78, 5) is 11.5. The molecule has 0 fully saturated rings. The van der Waals surface area contributed by atoms with Crippen LogP contribution in [0.4, 0.5) is 13.2 Å². The lowest BCUT2D eigenvalue weighted by Gasteiger charge is -2.22. The highest BCUT2D eigenvalue weighted by Crippen LogP contribution is 2.33. The smallest absolute Gasteiger partial charge is 0.340 e. The van der Waals surface area contributed by atoms with Crippen molar-refractivity contribution in [2.24, 2.45) is 0 Å². The van der Waals surface area contributed by atoms with Gasteiger partial charge in [0.2, 0.25) is 15.9 Å². The average molecular weight is 345 g/mol. The van der Waals surface area contributed by atoms with Gasteiger partial charge in [0.25, 0.3) is 0 Å². The van der Waals surface area contributed by atoms with Crippen molar-refractivity contribution in [2.45, 2.75) is 12.2 Å². The van der Waals surface area contributed by atoms with Crippen LogP contribution in [-0.2, 0) is 14.8 Å². The van der Waals surface area contributed by atoms with Crippen molar-refractivity contribution in [1.29, 1.82) is 0 Å². The Bertz CT molecular complexity index is 602. The van der Waals surface area contributed by atoms with E-state index in [0.29, 0.717) is 0 Å². The second-order valence-corrected chi connectivity index (χ2v) is 6.42. The van der Waals surface area contributed by atoms with Crippen LogP contribution >= 0.6 is 11.6 Å². The van der Waals surface area contributed by atoms with Crippen LogP contribution in [0.25, 0.3) is 0 Å². The van der Waals surface area contributed by atoms with Crippen molar-refractivity contribution in [3.05, 3.63) is 34.9 Å². The minimum atomic E-state index is -4.77. The molecule has 1 aromatic rings. The Labute approximate surface area is 124 Å². The number of sulfonamides is 1. The summed E-state index contributed by atoms with van der Waals surface area (Å²) in [7, 11) is -2.89. The second kappa shape index (κ2) is 6.63. The van der Waals surface area contributed by atoms with Crippen molar-refractivity contribution in [3.8, 4) is 0 Å². The van der Waals surface area contributed by atoms with Crippen LogP contribution in [-0.4, -0.2) is 33.3 Å². The van der Waals surface area contributed by atoms with Gasteiger partial charge in [0.15, 0.2) is 6.04 Å². The van der Waals surface area contributed by atoms with Gasteiger partial charge in [-0.2, -0.15) is 13.2 Å². The highest BCUT2D eigenvalue weighted by atomic mass is 35.5. The van der Waals surface area contributed by atoms with E-state index in [4.69, 9.17) is 11.6 Å². The van der Waals surface area contributed by atoms with E-state index in [1.165, 1.54) is 12.1 Å². The molecule has 0 spiro atoms. The maximum absolute atomic E-state index is 13.0. The number of nitrogens with one attached hydrogen (secondary N) is 2. The zero-order chi connectivity index (χ0) is 16.3. The summed E-state index contributed by atoms with van der Waals surface area (Å²) >= 11 is 5.59. The van der Waals surface area contributed by atoms with Gasteiger partial charge in [-0.3, -0.25) is 4.79 Å². The van der Waals surface area contributed by atoms with Crippen molar-refractivity contribution < 1.29 is 26.4 Å². The predicted molar refractivity (Wildman–Crippen MR) is 71.2 cm³/mol. The number of rotatable bonds is 5. The Morgan fingerprint density at radius 2 is 1.81 bits per heavy atom. The summed E-state index contributed by atoms with van der Waals surface area (Å²) in [5.41, 5.74) is -0.248. The molecule has 0 bridgehead atoms. The highest BCUT2D eigenvalue weighted by molar-refractivity contribution is 7.90. The minimum Gasteiger partial charge on any atom is -0.340 e. The molecule has 0 aliphatic carbocycles. The minimum absolute atomic E-state index is 0.240. The van der Waals surface area contributed by atoms with Gasteiger partial charge in [-0.1, -0.05) is 23.7 Å². The third-order valence-electron chi connectivity index (χ3n) is 2.47. The molecule has 0 aliphatic heterocycles. The van der Waals surface area contributed by atoms with Crippen molar-refractivity contribution >= 4 is 27.5 Å². The quantitative estimate of drug-likeness (QED) is 0.852. The summed E-state index contributed by atoms with van der Waals surface area (Å²) in [6, 6.07) is 2.38. The number of benzene rings is 1. The Morgan fingerprint density at radius 1 is 1.29 bits per heavy atom. The maximum Gasteiger partial charge on any atom is 0.412 e. The van der Waals surface area contributed by atoms with Crippen LogP contribution in [0.5, 0.6) is 0 Å². The first kappa shape index (κ1) is 17.7. The number of halogens is 4. The summed E-state index contributed by atoms with van der Waals surface area (Å²) in [6.07, 6.45) is -4.77. The molecule has 0 aliphatic rings. The number of carbonyl (C=O) groups is 1. The lowest BCUT2D eigenvalue weighted by Crippen LogP contribution is -2.42. The SMILES string of the molecule is CNS(=O)(=O)CC(=O)N[C@@H](c1ccc(Cl)cc1)C(F)(F)F. The summed E-state index contributed by atoms with van der Waals surface area (Å²) < 4.78 is 63.1. The molecule has 2 N–H and O–H groups in total. The van der Waals surface area contributed by atoms with E-state index in [2.05, 4.69) is 0 Å². The van der Waals surface area contributed by atoms with E-state index >= 15 is 0 Å². The fraction of sp³-hybridized carbons (Fsp3) is 0.364. The molecule has 0 saturated heterocycles. The lowest BCUT2D eigenvalue weighted by molar-refractivity contribution is -0.162. The second-order valence-electron chi connectivity index (χ2n) is 4.06.